The average molecular weight is 462 g/mol. The number of aromatic nitrogens is 5. The van der Waals surface area contributed by atoms with Gasteiger partial charge in [0.1, 0.15) is 4.88 Å². The zero-order valence-corrected chi connectivity index (χ0v) is 17.3. The minimum Gasteiger partial charge on any atom is -0.415 e. The number of hydrogen-bond acceptors (Lipinski definition) is 6. The molecule has 11 heteroatoms. The van der Waals surface area contributed by atoms with Crippen LogP contribution in [-0.2, 0) is 6.18 Å². The summed E-state index contributed by atoms with van der Waals surface area (Å²) in [5.41, 5.74) is 0.961. The Kier molecular flexibility index (Phi) is 4.56. The highest BCUT2D eigenvalue weighted by Gasteiger charge is 2.31. The molecule has 5 aromatic rings. The molecule has 0 aliphatic heterocycles. The Bertz CT molecular complexity index is 1400. The summed E-state index contributed by atoms with van der Waals surface area (Å²) in [6.07, 6.45) is -4.46. The molecule has 0 fully saturated rings. The summed E-state index contributed by atoms with van der Waals surface area (Å²) in [4.78, 5) is 5.80. The van der Waals surface area contributed by atoms with Crippen molar-refractivity contribution in [2.45, 2.75) is 13.1 Å². The topological polar surface area (TPSA) is 69.1 Å². The van der Waals surface area contributed by atoms with Crippen LogP contribution in [0.2, 0.25) is 5.02 Å². The molecule has 6 nitrogen and oxygen atoms in total. The Morgan fingerprint density at radius 3 is 2.45 bits per heavy atom. The zero-order valence-electron chi connectivity index (χ0n) is 15.7. The lowest BCUT2D eigenvalue weighted by Gasteiger charge is -2.06. The first-order chi connectivity index (χ1) is 14.8. The van der Waals surface area contributed by atoms with Gasteiger partial charge in [0.05, 0.1) is 11.3 Å². The SMILES string of the molecule is Cc1c(-c2nnc(-c3cccc(C(F)(F)F)c3)o2)sc2nc(-c3ccc(Cl)cc3)nn12. The van der Waals surface area contributed by atoms with Crippen LogP contribution in [-0.4, -0.2) is 24.8 Å². The van der Waals surface area contributed by atoms with Gasteiger partial charge in [-0.25, -0.2) is 4.52 Å². The highest BCUT2D eigenvalue weighted by molar-refractivity contribution is 7.20. The maximum Gasteiger partial charge on any atom is 0.416 e. The number of thiazole rings is 1. The second-order valence-corrected chi connectivity index (χ2v) is 8.06. The van der Waals surface area contributed by atoms with Crippen molar-refractivity contribution in [2.75, 3.05) is 0 Å². The molecule has 156 valence electrons. The Hall–Kier alpha value is -3.24. The minimum atomic E-state index is -4.46. The molecule has 0 N–H and O–H groups in total. The fraction of sp³-hybridized carbons (Fsp3) is 0.100. The lowest BCUT2D eigenvalue weighted by Crippen LogP contribution is -2.04. The second-order valence-electron chi connectivity index (χ2n) is 6.64. The largest absolute Gasteiger partial charge is 0.416 e. The van der Waals surface area contributed by atoms with E-state index in [0.29, 0.717) is 20.7 Å². The molecule has 0 spiro atoms. The first-order valence-corrected chi connectivity index (χ1v) is 10.1. The van der Waals surface area contributed by atoms with Crippen LogP contribution < -0.4 is 0 Å². The predicted octanol–water partition coefficient (Wildman–Crippen LogP) is 6.16. The average Bonchev–Trinajstić information content (AvgIpc) is 3.44. The van der Waals surface area contributed by atoms with E-state index in [-0.39, 0.29) is 17.3 Å². The van der Waals surface area contributed by atoms with Crippen LogP contribution in [0.15, 0.2) is 52.9 Å². The highest BCUT2D eigenvalue weighted by atomic mass is 35.5. The number of hydrogen-bond donors (Lipinski definition) is 0. The normalized spacial score (nSPS) is 12.0. The molecule has 0 saturated heterocycles. The van der Waals surface area contributed by atoms with Gasteiger partial charge in [0, 0.05) is 16.1 Å². The Balaban J connectivity index is 1.50. The summed E-state index contributed by atoms with van der Waals surface area (Å²) in [7, 11) is 0. The third kappa shape index (κ3) is 3.57. The van der Waals surface area contributed by atoms with E-state index in [2.05, 4.69) is 20.3 Å². The highest BCUT2D eigenvalue weighted by Crippen LogP contribution is 2.35. The molecule has 0 unspecified atom stereocenters. The Labute approximate surface area is 182 Å². The van der Waals surface area contributed by atoms with Crippen molar-refractivity contribution in [1.82, 2.24) is 24.8 Å². The summed E-state index contributed by atoms with van der Waals surface area (Å²) in [6.45, 7) is 1.83. The number of nitrogens with zero attached hydrogens (tertiary/aromatic N) is 5. The van der Waals surface area contributed by atoms with Gasteiger partial charge in [0.15, 0.2) is 5.82 Å². The molecule has 2 aromatic carbocycles. The summed E-state index contributed by atoms with van der Waals surface area (Å²) < 4.78 is 46.3. The lowest BCUT2D eigenvalue weighted by molar-refractivity contribution is -0.137. The van der Waals surface area contributed by atoms with Crippen LogP contribution in [0.25, 0.3) is 38.6 Å². The van der Waals surface area contributed by atoms with E-state index in [1.54, 1.807) is 16.6 Å². The number of halogens is 4. The number of alkyl halides is 3. The number of fused-ring (bicyclic) bond motifs is 1. The van der Waals surface area contributed by atoms with Crippen LogP contribution in [0.4, 0.5) is 13.2 Å². The summed E-state index contributed by atoms with van der Waals surface area (Å²) in [5.74, 6) is 0.740. The van der Waals surface area contributed by atoms with Gasteiger partial charge in [0.25, 0.3) is 5.89 Å². The van der Waals surface area contributed by atoms with Crippen molar-refractivity contribution >= 4 is 27.9 Å². The fourth-order valence-corrected chi connectivity index (χ4v) is 4.13. The summed E-state index contributed by atoms with van der Waals surface area (Å²) in [5, 5.41) is 13.1. The molecule has 3 heterocycles. The summed E-state index contributed by atoms with van der Waals surface area (Å²) in [6, 6.07) is 11.9. The van der Waals surface area contributed by atoms with Gasteiger partial charge < -0.3 is 4.42 Å². The van der Waals surface area contributed by atoms with Gasteiger partial charge in [-0.1, -0.05) is 29.0 Å². The number of aryl methyl sites for hydroxylation is 1. The van der Waals surface area contributed by atoms with Gasteiger partial charge in [0.2, 0.25) is 10.9 Å². The number of rotatable bonds is 3. The Morgan fingerprint density at radius 1 is 1.00 bits per heavy atom. The molecule has 5 rings (SSSR count). The third-order valence-corrected chi connectivity index (χ3v) is 5.95. The van der Waals surface area contributed by atoms with Gasteiger partial charge in [-0.05, 0) is 49.4 Å². The van der Waals surface area contributed by atoms with Crippen molar-refractivity contribution in [3.8, 4) is 33.6 Å². The van der Waals surface area contributed by atoms with Gasteiger partial charge in [-0.3, -0.25) is 0 Å². The van der Waals surface area contributed by atoms with Gasteiger partial charge >= 0.3 is 6.18 Å². The van der Waals surface area contributed by atoms with Crippen molar-refractivity contribution < 1.29 is 17.6 Å². The van der Waals surface area contributed by atoms with E-state index in [4.69, 9.17) is 16.0 Å². The molecule has 0 amide bonds. The van der Waals surface area contributed by atoms with E-state index in [0.717, 1.165) is 23.4 Å². The molecule has 0 aliphatic rings. The van der Waals surface area contributed by atoms with Crippen LogP contribution in [0.3, 0.4) is 0 Å². The second kappa shape index (κ2) is 7.17. The van der Waals surface area contributed by atoms with Gasteiger partial charge in [-0.2, -0.15) is 18.2 Å². The van der Waals surface area contributed by atoms with Crippen LogP contribution in [0, 0.1) is 6.92 Å². The van der Waals surface area contributed by atoms with Crippen LogP contribution >= 0.6 is 22.9 Å². The van der Waals surface area contributed by atoms with E-state index >= 15 is 0 Å². The fourth-order valence-electron chi connectivity index (χ4n) is 3.02. The maximum absolute atomic E-state index is 13.0. The molecule has 0 bridgehead atoms. The molecule has 0 aliphatic carbocycles. The third-order valence-electron chi connectivity index (χ3n) is 4.58. The minimum absolute atomic E-state index is 0.00125. The molecule has 3 aromatic heterocycles. The molecule has 0 radical (unpaired) electrons. The standard InChI is InChI=1S/C20H11ClF3N5OS/c1-10-15(31-19-25-16(28-29(10)19)11-5-7-14(21)8-6-11)18-27-26-17(30-18)12-3-2-4-13(9-12)20(22,23)24/h2-9H,1H3. The smallest absolute Gasteiger partial charge is 0.415 e. The molecule has 31 heavy (non-hydrogen) atoms. The predicted molar refractivity (Wildman–Crippen MR) is 110 cm³/mol. The molecular weight excluding hydrogens is 451 g/mol. The van der Waals surface area contributed by atoms with Crippen molar-refractivity contribution in [2.24, 2.45) is 0 Å². The molecular formula is C20H11ClF3N5OS. The maximum atomic E-state index is 13.0. The van der Waals surface area contributed by atoms with E-state index < -0.39 is 11.7 Å². The van der Waals surface area contributed by atoms with Crippen LogP contribution in [0.5, 0.6) is 0 Å². The molecule has 0 atom stereocenters. The zero-order chi connectivity index (χ0) is 21.8. The van der Waals surface area contributed by atoms with Crippen LogP contribution in [0.1, 0.15) is 11.3 Å². The van der Waals surface area contributed by atoms with Crippen molar-refractivity contribution in [3.63, 3.8) is 0 Å². The van der Waals surface area contributed by atoms with E-state index in [1.807, 2.05) is 19.1 Å². The van der Waals surface area contributed by atoms with E-state index in [1.165, 1.54) is 23.5 Å². The quantitative estimate of drug-likeness (QED) is 0.322. The van der Waals surface area contributed by atoms with Gasteiger partial charge in [-0.15, -0.1) is 15.3 Å². The summed E-state index contributed by atoms with van der Waals surface area (Å²) >= 11 is 7.22. The molecule has 0 saturated carbocycles. The van der Waals surface area contributed by atoms with Crippen molar-refractivity contribution in [3.05, 3.63) is 64.8 Å². The first kappa shape index (κ1) is 19.7. The number of benzene rings is 2. The first-order valence-electron chi connectivity index (χ1n) is 8.93. The van der Waals surface area contributed by atoms with Crippen molar-refractivity contribution in [1.29, 1.82) is 0 Å². The Morgan fingerprint density at radius 2 is 1.74 bits per heavy atom. The lowest BCUT2D eigenvalue weighted by atomic mass is 10.1. The van der Waals surface area contributed by atoms with E-state index in [9.17, 15) is 13.2 Å². The monoisotopic (exact) mass is 461 g/mol.